The molecule has 1 aliphatic carbocycles. The first kappa shape index (κ1) is 20.3. The van der Waals surface area contributed by atoms with Crippen LogP contribution in [0.1, 0.15) is 29.0 Å². The number of ether oxygens (including phenoxy) is 1. The van der Waals surface area contributed by atoms with Crippen molar-refractivity contribution in [1.82, 2.24) is 10.3 Å². The Bertz CT molecular complexity index is 1320. The Kier molecular flexibility index (Phi) is 5.60. The molecule has 0 unspecified atom stereocenters. The van der Waals surface area contributed by atoms with Crippen molar-refractivity contribution >= 4 is 33.7 Å². The highest BCUT2D eigenvalue weighted by atomic mass is 32.1. The minimum atomic E-state index is -0.404. The van der Waals surface area contributed by atoms with Crippen LogP contribution in [-0.4, -0.2) is 24.2 Å². The van der Waals surface area contributed by atoms with Crippen LogP contribution in [0.2, 0.25) is 0 Å². The Labute approximate surface area is 189 Å². The normalized spacial score (nSPS) is 12.8. The van der Waals surface area contributed by atoms with Crippen molar-refractivity contribution in [1.29, 1.82) is 0 Å². The molecule has 5 nitrogen and oxygen atoms in total. The van der Waals surface area contributed by atoms with Crippen molar-refractivity contribution < 1.29 is 9.53 Å². The number of benzene rings is 3. The molecule has 0 spiro atoms. The Balaban J connectivity index is 1.12. The lowest BCUT2D eigenvalue weighted by Gasteiger charge is -2.14. The van der Waals surface area contributed by atoms with E-state index in [-0.39, 0.29) is 10.8 Å². The summed E-state index contributed by atoms with van der Waals surface area (Å²) < 4.78 is 6.49. The van der Waals surface area contributed by atoms with E-state index in [0.29, 0.717) is 19.6 Å². The summed E-state index contributed by atoms with van der Waals surface area (Å²) in [6.07, 6.45) is 4.27. The van der Waals surface area contributed by atoms with E-state index in [9.17, 15) is 9.59 Å². The van der Waals surface area contributed by atoms with Crippen LogP contribution in [0.25, 0.3) is 27.4 Å². The fourth-order valence-electron chi connectivity index (χ4n) is 4.19. The number of hydrogen-bond donors (Lipinski definition) is 2. The highest BCUT2D eigenvalue weighted by Crippen LogP contribution is 2.44. The quantitative estimate of drug-likeness (QED) is 0.386. The summed E-state index contributed by atoms with van der Waals surface area (Å²) in [7, 11) is 0. The third-order valence-corrected chi connectivity index (χ3v) is 6.52. The largest absolute Gasteiger partial charge is 0.449 e. The molecular formula is C26H22N2O3S. The van der Waals surface area contributed by atoms with Crippen LogP contribution in [0.15, 0.2) is 77.6 Å². The van der Waals surface area contributed by atoms with Gasteiger partial charge in [0.05, 0.1) is 10.2 Å². The second-order valence-electron chi connectivity index (χ2n) is 7.71. The Morgan fingerprint density at radius 2 is 1.75 bits per heavy atom. The number of carbonyl (C=O) groups excluding carboxylic acids is 1. The number of carbonyl (C=O) groups is 1. The Hall–Kier alpha value is -3.64. The molecular weight excluding hydrogens is 420 g/mol. The smallest absolute Gasteiger partial charge is 0.407 e. The number of thiazole rings is 1. The number of rotatable bonds is 6. The molecule has 1 aliphatic rings. The van der Waals surface area contributed by atoms with E-state index >= 15 is 0 Å². The number of nitrogens with one attached hydrogen (secondary N) is 2. The first-order chi connectivity index (χ1) is 15.7. The lowest BCUT2D eigenvalue weighted by atomic mass is 9.98. The van der Waals surface area contributed by atoms with Crippen molar-refractivity contribution in [3.63, 3.8) is 0 Å². The number of aromatic nitrogens is 1. The van der Waals surface area contributed by atoms with Crippen molar-refractivity contribution in [2.75, 3.05) is 13.2 Å². The number of H-pyrrole nitrogens is 1. The van der Waals surface area contributed by atoms with Gasteiger partial charge < -0.3 is 15.0 Å². The molecule has 5 rings (SSSR count). The number of amides is 1. The van der Waals surface area contributed by atoms with Crippen LogP contribution in [0.4, 0.5) is 4.79 Å². The molecule has 32 heavy (non-hydrogen) atoms. The van der Waals surface area contributed by atoms with Crippen molar-refractivity contribution in [2.24, 2.45) is 0 Å². The molecule has 0 radical (unpaired) electrons. The van der Waals surface area contributed by atoms with Gasteiger partial charge in [0.15, 0.2) is 0 Å². The summed E-state index contributed by atoms with van der Waals surface area (Å²) in [5.41, 5.74) is 6.71. The summed E-state index contributed by atoms with van der Waals surface area (Å²) in [5, 5.41) is 2.82. The number of alkyl carbamates (subject to hydrolysis) is 1. The molecule has 0 bridgehead atoms. The predicted molar refractivity (Wildman–Crippen MR) is 129 cm³/mol. The van der Waals surface area contributed by atoms with Gasteiger partial charge in [-0.15, -0.1) is 0 Å². The molecule has 0 atom stereocenters. The molecule has 160 valence electrons. The average molecular weight is 443 g/mol. The van der Waals surface area contributed by atoms with E-state index < -0.39 is 6.09 Å². The van der Waals surface area contributed by atoms with E-state index in [1.807, 2.05) is 54.6 Å². The second-order valence-corrected chi connectivity index (χ2v) is 8.73. The summed E-state index contributed by atoms with van der Waals surface area (Å²) in [6.45, 7) is 0.808. The molecule has 2 N–H and O–H groups in total. The van der Waals surface area contributed by atoms with E-state index in [1.165, 1.54) is 33.6 Å². The maximum atomic E-state index is 12.2. The van der Waals surface area contributed by atoms with Gasteiger partial charge in [-0.3, -0.25) is 4.79 Å². The van der Waals surface area contributed by atoms with Gasteiger partial charge in [0.2, 0.25) is 0 Å². The number of hydrogen-bond acceptors (Lipinski definition) is 4. The third-order valence-electron chi connectivity index (χ3n) is 5.68. The van der Waals surface area contributed by atoms with E-state index in [0.717, 1.165) is 15.8 Å². The molecule has 0 aliphatic heterocycles. The number of fused-ring (bicyclic) bond motifs is 4. The zero-order valence-corrected chi connectivity index (χ0v) is 18.2. The zero-order valence-electron chi connectivity index (χ0n) is 17.3. The topological polar surface area (TPSA) is 71.2 Å². The van der Waals surface area contributed by atoms with E-state index in [2.05, 4.69) is 34.6 Å². The molecule has 0 saturated carbocycles. The second kappa shape index (κ2) is 8.85. The summed E-state index contributed by atoms with van der Waals surface area (Å²) in [4.78, 5) is 26.4. The first-order valence-electron chi connectivity index (χ1n) is 10.6. The summed E-state index contributed by atoms with van der Waals surface area (Å²) in [6, 6.07) is 22.4. The van der Waals surface area contributed by atoms with E-state index in [4.69, 9.17) is 4.74 Å². The molecule has 4 aromatic rings. The molecule has 1 amide bonds. The molecule has 1 heterocycles. The molecule has 1 aromatic heterocycles. The van der Waals surface area contributed by atoms with Crippen LogP contribution in [0.3, 0.4) is 0 Å². The van der Waals surface area contributed by atoms with Gasteiger partial charge in [-0.2, -0.15) is 0 Å². The third kappa shape index (κ3) is 4.09. The zero-order chi connectivity index (χ0) is 21.9. The van der Waals surface area contributed by atoms with Gasteiger partial charge in [-0.1, -0.05) is 78.1 Å². The van der Waals surface area contributed by atoms with Gasteiger partial charge >= 0.3 is 11.0 Å². The molecule has 0 fully saturated rings. The standard InChI is InChI=1S/C26H22N2O3S/c29-25(27-14-6-5-7-17-12-13-23-24(15-17)32-26(30)28-23)31-16-22-20-10-3-1-8-18(20)19-9-2-4-11-21(19)22/h1-5,7-13,15,22H,6,14,16H2,(H,27,29)(H,28,30). The van der Waals surface area contributed by atoms with Crippen LogP contribution in [0.5, 0.6) is 0 Å². The van der Waals surface area contributed by atoms with Gasteiger partial charge in [-0.25, -0.2) is 4.79 Å². The highest BCUT2D eigenvalue weighted by Gasteiger charge is 2.28. The molecule has 0 saturated heterocycles. The van der Waals surface area contributed by atoms with Crippen LogP contribution < -0.4 is 10.2 Å². The van der Waals surface area contributed by atoms with Crippen LogP contribution in [-0.2, 0) is 4.74 Å². The highest BCUT2D eigenvalue weighted by molar-refractivity contribution is 7.16. The SMILES string of the molecule is O=C(NCCC=Cc1ccc2[nH]c(=O)sc2c1)OCC1c2ccccc2-c2ccccc21. The molecule has 3 aromatic carbocycles. The molecule has 6 heteroatoms. The van der Waals surface area contributed by atoms with Crippen molar-refractivity contribution in [3.05, 3.63) is 99.2 Å². The maximum absolute atomic E-state index is 12.2. The lowest BCUT2D eigenvalue weighted by Crippen LogP contribution is -2.26. The van der Waals surface area contributed by atoms with Gasteiger partial charge in [0.25, 0.3) is 0 Å². The number of aromatic amines is 1. The average Bonchev–Trinajstić information content (AvgIpc) is 3.34. The predicted octanol–water partition coefficient (Wildman–Crippen LogP) is 5.53. The minimum Gasteiger partial charge on any atom is -0.449 e. The lowest BCUT2D eigenvalue weighted by molar-refractivity contribution is 0.143. The Morgan fingerprint density at radius 3 is 2.50 bits per heavy atom. The van der Waals surface area contributed by atoms with Crippen molar-refractivity contribution in [3.8, 4) is 11.1 Å². The summed E-state index contributed by atoms with van der Waals surface area (Å²) in [5.74, 6) is 0.0621. The fourth-order valence-corrected chi connectivity index (χ4v) is 4.98. The van der Waals surface area contributed by atoms with Crippen LogP contribution in [0, 0.1) is 0 Å². The van der Waals surface area contributed by atoms with Gasteiger partial charge in [-0.05, 0) is 46.4 Å². The Morgan fingerprint density at radius 1 is 1.03 bits per heavy atom. The summed E-state index contributed by atoms with van der Waals surface area (Å²) >= 11 is 1.20. The fraction of sp³-hybridized carbons (Fsp3) is 0.154. The van der Waals surface area contributed by atoms with Gasteiger partial charge in [0, 0.05) is 12.5 Å². The first-order valence-corrected chi connectivity index (χ1v) is 11.4. The minimum absolute atomic E-state index is 0.0478. The maximum Gasteiger partial charge on any atom is 0.407 e. The van der Waals surface area contributed by atoms with Crippen LogP contribution >= 0.6 is 11.3 Å². The monoisotopic (exact) mass is 442 g/mol. The van der Waals surface area contributed by atoms with Gasteiger partial charge in [0.1, 0.15) is 6.61 Å². The van der Waals surface area contributed by atoms with Crippen molar-refractivity contribution in [2.45, 2.75) is 12.3 Å². The van der Waals surface area contributed by atoms with E-state index in [1.54, 1.807) is 0 Å².